The van der Waals surface area contributed by atoms with Gasteiger partial charge in [0.1, 0.15) is 0 Å². The van der Waals surface area contributed by atoms with Crippen molar-refractivity contribution in [3.63, 3.8) is 0 Å². The van der Waals surface area contributed by atoms with Crippen LogP contribution >= 0.6 is 0 Å². The molecule has 1 rings (SSSR count). The molecule has 1 aliphatic carbocycles. The molecule has 114 valence electrons. The minimum absolute atomic E-state index is 0.509. The molecule has 0 aromatic carbocycles. The van der Waals surface area contributed by atoms with Gasteiger partial charge in [-0.15, -0.1) is 0 Å². The Bertz CT molecular complexity index is 203. The van der Waals surface area contributed by atoms with Crippen molar-refractivity contribution in [1.29, 1.82) is 0 Å². The van der Waals surface area contributed by atoms with Crippen molar-refractivity contribution in [2.75, 3.05) is 40.0 Å². The summed E-state index contributed by atoms with van der Waals surface area (Å²) in [5, 5.41) is 3.63. The van der Waals surface area contributed by atoms with Crippen molar-refractivity contribution < 1.29 is 9.47 Å². The predicted octanol–water partition coefficient (Wildman–Crippen LogP) is 3.38. The van der Waals surface area contributed by atoms with Gasteiger partial charge in [0.15, 0.2) is 0 Å². The number of hydrogen-bond donors (Lipinski definition) is 1. The molecule has 0 amide bonds. The van der Waals surface area contributed by atoms with Crippen LogP contribution < -0.4 is 5.32 Å². The number of methoxy groups -OCH3 is 1. The van der Waals surface area contributed by atoms with Crippen LogP contribution in [0, 0.1) is 5.41 Å². The number of ether oxygens (including phenoxy) is 2. The number of hydrogen-bond acceptors (Lipinski definition) is 3. The van der Waals surface area contributed by atoms with Crippen LogP contribution in [0.5, 0.6) is 0 Å². The highest BCUT2D eigenvalue weighted by atomic mass is 16.5. The molecule has 0 spiro atoms. The van der Waals surface area contributed by atoms with Gasteiger partial charge in [-0.1, -0.05) is 26.2 Å². The summed E-state index contributed by atoms with van der Waals surface area (Å²) >= 11 is 0. The molecule has 3 nitrogen and oxygen atoms in total. The second-order valence-electron chi connectivity index (χ2n) is 5.95. The number of nitrogens with one attached hydrogen (secondary N) is 1. The summed E-state index contributed by atoms with van der Waals surface area (Å²) in [5.41, 5.74) is 0.509. The third kappa shape index (κ3) is 7.28. The van der Waals surface area contributed by atoms with Crippen molar-refractivity contribution in [1.82, 2.24) is 5.32 Å². The second kappa shape index (κ2) is 10.6. The van der Waals surface area contributed by atoms with Gasteiger partial charge in [-0.25, -0.2) is 0 Å². The van der Waals surface area contributed by atoms with Crippen LogP contribution in [-0.2, 0) is 9.47 Å². The van der Waals surface area contributed by atoms with Crippen molar-refractivity contribution in [3.05, 3.63) is 0 Å². The molecular weight excluding hydrogens is 238 g/mol. The van der Waals surface area contributed by atoms with Gasteiger partial charge in [0, 0.05) is 33.5 Å². The van der Waals surface area contributed by atoms with Gasteiger partial charge in [0.2, 0.25) is 0 Å². The third-order valence-electron chi connectivity index (χ3n) is 4.25. The summed E-state index contributed by atoms with van der Waals surface area (Å²) < 4.78 is 10.8. The highest BCUT2D eigenvalue weighted by molar-refractivity contribution is 4.84. The molecule has 1 N–H and O–H groups in total. The molecule has 1 fully saturated rings. The van der Waals surface area contributed by atoms with E-state index in [1.54, 1.807) is 7.11 Å². The standard InChI is InChI=1S/C16H33NO2/c1-3-11-17-15-16(8-5-4-6-9-16)10-14-19-13-7-12-18-2/h17H,3-15H2,1-2H3. The number of rotatable bonds is 11. The van der Waals surface area contributed by atoms with Crippen molar-refractivity contribution in [2.45, 2.75) is 58.3 Å². The molecule has 0 saturated heterocycles. The monoisotopic (exact) mass is 271 g/mol. The highest BCUT2D eigenvalue weighted by Gasteiger charge is 2.31. The average molecular weight is 271 g/mol. The summed E-state index contributed by atoms with van der Waals surface area (Å²) in [4.78, 5) is 0. The van der Waals surface area contributed by atoms with Gasteiger partial charge in [-0.2, -0.15) is 0 Å². The quantitative estimate of drug-likeness (QED) is 0.584. The molecule has 0 aromatic rings. The van der Waals surface area contributed by atoms with Gasteiger partial charge in [0.05, 0.1) is 0 Å². The van der Waals surface area contributed by atoms with Gasteiger partial charge in [0.25, 0.3) is 0 Å². The molecule has 3 heteroatoms. The Hall–Kier alpha value is -0.120. The van der Waals surface area contributed by atoms with E-state index in [0.29, 0.717) is 5.41 Å². The van der Waals surface area contributed by atoms with Crippen LogP contribution in [0.4, 0.5) is 0 Å². The zero-order valence-electron chi connectivity index (χ0n) is 13.0. The van der Waals surface area contributed by atoms with E-state index in [4.69, 9.17) is 9.47 Å². The molecule has 0 heterocycles. The van der Waals surface area contributed by atoms with E-state index in [2.05, 4.69) is 12.2 Å². The van der Waals surface area contributed by atoms with Crippen molar-refractivity contribution in [3.8, 4) is 0 Å². The molecule has 19 heavy (non-hydrogen) atoms. The van der Waals surface area contributed by atoms with Crippen molar-refractivity contribution in [2.24, 2.45) is 5.41 Å². The maximum absolute atomic E-state index is 5.76. The fourth-order valence-electron chi connectivity index (χ4n) is 3.04. The fraction of sp³-hybridized carbons (Fsp3) is 1.00. The molecule has 0 bridgehead atoms. The molecule has 0 unspecified atom stereocenters. The maximum atomic E-state index is 5.76. The summed E-state index contributed by atoms with van der Waals surface area (Å²) in [6, 6.07) is 0. The second-order valence-corrected chi connectivity index (χ2v) is 5.95. The minimum Gasteiger partial charge on any atom is -0.385 e. The zero-order valence-corrected chi connectivity index (χ0v) is 13.0. The first-order chi connectivity index (χ1) is 9.33. The first-order valence-electron chi connectivity index (χ1n) is 8.10. The van der Waals surface area contributed by atoms with Crippen molar-refractivity contribution >= 4 is 0 Å². The van der Waals surface area contributed by atoms with Crippen LogP contribution in [0.15, 0.2) is 0 Å². The smallest absolute Gasteiger partial charge is 0.0487 e. The van der Waals surface area contributed by atoms with Gasteiger partial charge in [-0.3, -0.25) is 0 Å². The van der Waals surface area contributed by atoms with E-state index in [9.17, 15) is 0 Å². The van der Waals surface area contributed by atoms with Gasteiger partial charge in [-0.05, 0) is 44.1 Å². The fourth-order valence-corrected chi connectivity index (χ4v) is 3.04. The highest BCUT2D eigenvalue weighted by Crippen LogP contribution is 2.38. The van der Waals surface area contributed by atoms with E-state index < -0.39 is 0 Å². The van der Waals surface area contributed by atoms with E-state index in [0.717, 1.165) is 32.8 Å². The molecular formula is C16H33NO2. The molecule has 1 aliphatic rings. The average Bonchev–Trinajstić information content (AvgIpc) is 2.44. The van der Waals surface area contributed by atoms with E-state index in [1.165, 1.54) is 51.5 Å². The molecule has 0 aliphatic heterocycles. The molecule has 0 aromatic heterocycles. The summed E-state index contributed by atoms with van der Waals surface area (Å²) in [5.74, 6) is 0. The topological polar surface area (TPSA) is 30.5 Å². The first-order valence-corrected chi connectivity index (χ1v) is 8.10. The largest absolute Gasteiger partial charge is 0.385 e. The van der Waals surface area contributed by atoms with Crippen LogP contribution in [0.3, 0.4) is 0 Å². The maximum Gasteiger partial charge on any atom is 0.0487 e. The van der Waals surface area contributed by atoms with Crippen LogP contribution in [0.25, 0.3) is 0 Å². The predicted molar refractivity (Wildman–Crippen MR) is 80.6 cm³/mol. The first kappa shape index (κ1) is 16.9. The molecule has 0 atom stereocenters. The summed E-state index contributed by atoms with van der Waals surface area (Å²) in [7, 11) is 1.75. The lowest BCUT2D eigenvalue weighted by atomic mass is 9.72. The minimum atomic E-state index is 0.509. The van der Waals surface area contributed by atoms with Gasteiger partial charge >= 0.3 is 0 Å². The van der Waals surface area contributed by atoms with E-state index in [1.807, 2.05) is 0 Å². The third-order valence-corrected chi connectivity index (χ3v) is 4.25. The normalized spacial score (nSPS) is 18.6. The van der Waals surface area contributed by atoms with E-state index in [-0.39, 0.29) is 0 Å². The van der Waals surface area contributed by atoms with Crippen LogP contribution in [0.2, 0.25) is 0 Å². The SMILES string of the molecule is CCCNCC1(CCOCCCOC)CCCCC1. The van der Waals surface area contributed by atoms with Crippen LogP contribution in [-0.4, -0.2) is 40.0 Å². The summed E-state index contributed by atoms with van der Waals surface area (Å²) in [6.45, 7) is 7.13. The lowest BCUT2D eigenvalue weighted by Crippen LogP contribution is -2.37. The summed E-state index contributed by atoms with van der Waals surface area (Å²) in [6.07, 6.45) is 10.4. The Kier molecular flexibility index (Phi) is 9.48. The lowest BCUT2D eigenvalue weighted by molar-refractivity contribution is 0.0614. The Morgan fingerprint density at radius 1 is 1.05 bits per heavy atom. The lowest BCUT2D eigenvalue weighted by Gasteiger charge is -2.37. The Morgan fingerprint density at radius 3 is 2.53 bits per heavy atom. The zero-order chi connectivity index (χ0) is 13.8. The Balaban J connectivity index is 2.20. The van der Waals surface area contributed by atoms with E-state index >= 15 is 0 Å². The van der Waals surface area contributed by atoms with Crippen LogP contribution in [0.1, 0.15) is 58.3 Å². The Labute approximate surface area is 119 Å². The Morgan fingerprint density at radius 2 is 1.84 bits per heavy atom. The van der Waals surface area contributed by atoms with Gasteiger partial charge < -0.3 is 14.8 Å². The molecule has 0 radical (unpaired) electrons. The molecule has 1 saturated carbocycles.